The second-order valence-electron chi connectivity index (χ2n) is 5.05. The van der Waals surface area contributed by atoms with Gasteiger partial charge >= 0.3 is 6.09 Å². The molecule has 0 bridgehead atoms. The molecule has 2 N–H and O–H groups in total. The third-order valence-corrected chi connectivity index (χ3v) is 3.72. The summed E-state index contributed by atoms with van der Waals surface area (Å²) in [6, 6.07) is 7.91. The van der Waals surface area contributed by atoms with E-state index in [9.17, 15) is 4.79 Å². The Hall–Kier alpha value is -1.79. The van der Waals surface area contributed by atoms with Crippen LogP contribution in [0.1, 0.15) is 0 Å². The first kappa shape index (κ1) is 13.2. The van der Waals surface area contributed by atoms with Crippen LogP contribution in [0.5, 0.6) is 0 Å². The van der Waals surface area contributed by atoms with Crippen LogP contribution in [0.2, 0.25) is 0 Å². The standard InChI is InChI=1S/C14H19N3O3/c18-10-13-9-17(14(19)20-13)12-3-1-11(2-4-12)16-7-5-15-6-8-16/h1-4,13,15,18H,5-10H2/t13-/m1/s1. The lowest BCUT2D eigenvalue weighted by molar-refractivity contribution is 0.0963. The second kappa shape index (κ2) is 5.68. The molecule has 2 heterocycles. The van der Waals surface area contributed by atoms with Gasteiger partial charge < -0.3 is 20.1 Å². The zero-order valence-corrected chi connectivity index (χ0v) is 11.3. The maximum Gasteiger partial charge on any atom is 0.414 e. The second-order valence-corrected chi connectivity index (χ2v) is 5.05. The van der Waals surface area contributed by atoms with Crippen molar-refractivity contribution in [1.29, 1.82) is 0 Å². The summed E-state index contributed by atoms with van der Waals surface area (Å²) in [5.74, 6) is 0. The van der Waals surface area contributed by atoms with Gasteiger partial charge in [0.15, 0.2) is 0 Å². The van der Waals surface area contributed by atoms with Gasteiger partial charge in [-0.25, -0.2) is 4.79 Å². The van der Waals surface area contributed by atoms with Crippen LogP contribution >= 0.6 is 0 Å². The number of anilines is 2. The molecule has 0 radical (unpaired) electrons. The molecule has 0 aliphatic carbocycles. The Morgan fingerprint density at radius 1 is 1.20 bits per heavy atom. The van der Waals surface area contributed by atoms with Crippen LogP contribution in [0.25, 0.3) is 0 Å². The van der Waals surface area contributed by atoms with Crippen LogP contribution in [-0.2, 0) is 4.74 Å². The van der Waals surface area contributed by atoms with Gasteiger partial charge in [-0.2, -0.15) is 0 Å². The molecular formula is C14H19N3O3. The Morgan fingerprint density at radius 3 is 2.45 bits per heavy atom. The van der Waals surface area contributed by atoms with E-state index in [4.69, 9.17) is 9.84 Å². The molecule has 1 aromatic carbocycles. The first-order valence-corrected chi connectivity index (χ1v) is 6.92. The van der Waals surface area contributed by atoms with Crippen molar-refractivity contribution in [1.82, 2.24) is 5.32 Å². The van der Waals surface area contributed by atoms with Crippen LogP contribution in [0, 0.1) is 0 Å². The van der Waals surface area contributed by atoms with Crippen molar-refractivity contribution in [2.75, 3.05) is 49.1 Å². The smallest absolute Gasteiger partial charge is 0.414 e. The number of nitrogens with zero attached hydrogens (tertiary/aromatic N) is 2. The summed E-state index contributed by atoms with van der Waals surface area (Å²) >= 11 is 0. The van der Waals surface area contributed by atoms with Crippen molar-refractivity contribution >= 4 is 17.5 Å². The van der Waals surface area contributed by atoms with Crippen molar-refractivity contribution in [2.24, 2.45) is 0 Å². The average Bonchev–Trinajstić information content (AvgIpc) is 2.89. The molecule has 0 spiro atoms. The Morgan fingerprint density at radius 2 is 1.85 bits per heavy atom. The van der Waals surface area contributed by atoms with Crippen molar-refractivity contribution in [3.05, 3.63) is 24.3 Å². The highest BCUT2D eigenvalue weighted by Gasteiger charge is 2.31. The van der Waals surface area contributed by atoms with E-state index in [2.05, 4.69) is 10.2 Å². The SMILES string of the molecule is O=C1O[C@@H](CO)CN1c1ccc(N2CCNCC2)cc1. The van der Waals surface area contributed by atoms with Crippen molar-refractivity contribution < 1.29 is 14.6 Å². The number of rotatable bonds is 3. The molecule has 6 heteroatoms. The zero-order chi connectivity index (χ0) is 13.9. The Balaban J connectivity index is 1.71. The quantitative estimate of drug-likeness (QED) is 0.838. The average molecular weight is 277 g/mol. The number of amides is 1. The lowest BCUT2D eigenvalue weighted by atomic mass is 10.2. The molecule has 1 aromatic rings. The summed E-state index contributed by atoms with van der Waals surface area (Å²) in [7, 11) is 0. The Kier molecular flexibility index (Phi) is 3.75. The maximum absolute atomic E-state index is 11.7. The van der Waals surface area contributed by atoms with E-state index in [0.29, 0.717) is 6.54 Å². The molecule has 3 rings (SSSR count). The Labute approximate surface area is 117 Å². The van der Waals surface area contributed by atoms with Gasteiger partial charge in [-0.15, -0.1) is 0 Å². The topological polar surface area (TPSA) is 65.0 Å². The van der Waals surface area contributed by atoms with E-state index < -0.39 is 6.10 Å². The normalized spacial score (nSPS) is 23.1. The molecule has 2 aliphatic heterocycles. The highest BCUT2D eigenvalue weighted by Crippen LogP contribution is 2.24. The number of benzene rings is 1. The largest absolute Gasteiger partial charge is 0.441 e. The number of ether oxygens (including phenoxy) is 1. The lowest BCUT2D eigenvalue weighted by Gasteiger charge is -2.29. The molecular weight excluding hydrogens is 258 g/mol. The summed E-state index contributed by atoms with van der Waals surface area (Å²) in [5.41, 5.74) is 1.98. The minimum absolute atomic E-state index is 0.138. The maximum atomic E-state index is 11.7. The summed E-state index contributed by atoms with van der Waals surface area (Å²) in [6.07, 6.45) is -0.811. The van der Waals surface area contributed by atoms with E-state index in [0.717, 1.165) is 31.9 Å². The van der Waals surface area contributed by atoms with Gasteiger partial charge in [0.2, 0.25) is 0 Å². The number of aliphatic hydroxyl groups excluding tert-OH is 1. The number of aliphatic hydroxyl groups is 1. The van der Waals surface area contributed by atoms with Gasteiger partial charge in [-0.1, -0.05) is 0 Å². The molecule has 6 nitrogen and oxygen atoms in total. The van der Waals surface area contributed by atoms with Gasteiger partial charge in [-0.05, 0) is 24.3 Å². The van der Waals surface area contributed by atoms with E-state index in [1.54, 1.807) is 4.90 Å². The molecule has 0 saturated carbocycles. The fraction of sp³-hybridized carbons (Fsp3) is 0.500. The predicted molar refractivity (Wildman–Crippen MR) is 76.2 cm³/mol. The van der Waals surface area contributed by atoms with E-state index in [1.165, 1.54) is 5.69 Å². The van der Waals surface area contributed by atoms with Crippen LogP contribution < -0.4 is 15.1 Å². The van der Waals surface area contributed by atoms with Crippen LogP contribution in [0.3, 0.4) is 0 Å². The summed E-state index contributed by atoms with van der Waals surface area (Å²) in [4.78, 5) is 15.6. The number of carbonyl (C=O) groups is 1. The molecule has 108 valence electrons. The molecule has 0 aromatic heterocycles. The minimum atomic E-state index is -0.421. The van der Waals surface area contributed by atoms with Gasteiger partial charge in [0.1, 0.15) is 6.10 Å². The van der Waals surface area contributed by atoms with Crippen molar-refractivity contribution in [2.45, 2.75) is 6.10 Å². The van der Waals surface area contributed by atoms with Crippen LogP contribution in [0.4, 0.5) is 16.2 Å². The first-order valence-electron chi connectivity index (χ1n) is 6.92. The number of nitrogens with one attached hydrogen (secondary N) is 1. The Bertz CT molecular complexity index is 471. The predicted octanol–water partition coefficient (Wildman–Crippen LogP) is 0.414. The molecule has 0 unspecified atom stereocenters. The van der Waals surface area contributed by atoms with Crippen molar-refractivity contribution in [3.8, 4) is 0 Å². The third kappa shape index (κ3) is 2.57. The van der Waals surface area contributed by atoms with E-state index in [-0.39, 0.29) is 12.7 Å². The third-order valence-electron chi connectivity index (χ3n) is 3.72. The number of cyclic esters (lactones) is 1. The summed E-state index contributed by atoms with van der Waals surface area (Å²) < 4.78 is 5.04. The van der Waals surface area contributed by atoms with Crippen LogP contribution in [0.15, 0.2) is 24.3 Å². The van der Waals surface area contributed by atoms with E-state index in [1.807, 2.05) is 24.3 Å². The highest BCUT2D eigenvalue weighted by molar-refractivity contribution is 5.90. The fourth-order valence-electron chi connectivity index (χ4n) is 2.59. The molecule has 20 heavy (non-hydrogen) atoms. The zero-order valence-electron chi connectivity index (χ0n) is 11.3. The summed E-state index contributed by atoms with van der Waals surface area (Å²) in [5, 5.41) is 12.4. The van der Waals surface area contributed by atoms with E-state index >= 15 is 0 Å². The summed E-state index contributed by atoms with van der Waals surface area (Å²) in [6.45, 7) is 4.26. The number of piperazine rings is 1. The molecule has 2 aliphatic rings. The fourth-order valence-corrected chi connectivity index (χ4v) is 2.59. The minimum Gasteiger partial charge on any atom is -0.441 e. The molecule has 1 amide bonds. The van der Waals surface area contributed by atoms with Gasteiger partial charge in [-0.3, -0.25) is 4.90 Å². The van der Waals surface area contributed by atoms with Crippen molar-refractivity contribution in [3.63, 3.8) is 0 Å². The molecule has 1 atom stereocenters. The number of hydrogen-bond donors (Lipinski definition) is 2. The highest BCUT2D eigenvalue weighted by atomic mass is 16.6. The van der Waals surface area contributed by atoms with Crippen LogP contribution in [-0.4, -0.2) is 56.6 Å². The first-order chi connectivity index (χ1) is 9.78. The number of carbonyl (C=O) groups excluding carboxylic acids is 1. The molecule has 2 fully saturated rings. The number of hydrogen-bond acceptors (Lipinski definition) is 5. The molecule has 2 saturated heterocycles. The van der Waals surface area contributed by atoms with Gasteiger partial charge in [0, 0.05) is 37.6 Å². The lowest BCUT2D eigenvalue weighted by Crippen LogP contribution is -2.43. The van der Waals surface area contributed by atoms with Gasteiger partial charge in [0.25, 0.3) is 0 Å². The van der Waals surface area contributed by atoms with Gasteiger partial charge in [0.05, 0.1) is 13.2 Å². The monoisotopic (exact) mass is 277 g/mol.